The standard InChI is InChI=1S/C18H17ClN4/c1-13-20-17(22-16-11-7-6-10-15(16)19)12-18(21-13)23(2)14-8-4-3-5-9-14/h3-12H,1-2H3,(H,20,21,22). The SMILES string of the molecule is Cc1nc(Nc2ccccc2Cl)cc(N(C)c2ccccc2)n1. The third-order valence-corrected chi connectivity index (χ3v) is 3.78. The molecule has 5 heteroatoms. The first-order valence-electron chi connectivity index (χ1n) is 7.29. The van der Waals surface area contributed by atoms with Crippen molar-refractivity contribution in [1.29, 1.82) is 0 Å². The molecule has 0 unspecified atom stereocenters. The summed E-state index contributed by atoms with van der Waals surface area (Å²) >= 11 is 6.20. The van der Waals surface area contributed by atoms with Gasteiger partial charge in [-0.1, -0.05) is 41.9 Å². The Hall–Kier alpha value is -2.59. The van der Waals surface area contributed by atoms with Gasteiger partial charge >= 0.3 is 0 Å². The van der Waals surface area contributed by atoms with Crippen LogP contribution in [0.15, 0.2) is 60.7 Å². The highest BCUT2D eigenvalue weighted by Crippen LogP contribution is 2.27. The number of rotatable bonds is 4. The monoisotopic (exact) mass is 324 g/mol. The highest BCUT2D eigenvalue weighted by atomic mass is 35.5. The second kappa shape index (κ2) is 6.67. The Morgan fingerprint density at radius 3 is 2.39 bits per heavy atom. The molecule has 1 aromatic heterocycles. The van der Waals surface area contributed by atoms with Crippen LogP contribution in [-0.4, -0.2) is 17.0 Å². The molecule has 1 heterocycles. The lowest BCUT2D eigenvalue weighted by atomic mass is 10.3. The normalized spacial score (nSPS) is 10.4. The minimum Gasteiger partial charge on any atom is -0.339 e. The van der Waals surface area contributed by atoms with Crippen molar-refractivity contribution in [3.8, 4) is 0 Å². The van der Waals surface area contributed by atoms with Crippen LogP contribution in [0.5, 0.6) is 0 Å². The van der Waals surface area contributed by atoms with Crippen LogP contribution in [-0.2, 0) is 0 Å². The Labute approximate surface area is 140 Å². The molecule has 23 heavy (non-hydrogen) atoms. The minimum absolute atomic E-state index is 0.654. The predicted molar refractivity (Wildman–Crippen MR) is 96.0 cm³/mol. The third kappa shape index (κ3) is 3.60. The van der Waals surface area contributed by atoms with E-state index in [1.807, 2.05) is 79.5 Å². The van der Waals surface area contributed by atoms with Gasteiger partial charge in [0.1, 0.15) is 17.5 Å². The smallest absolute Gasteiger partial charge is 0.138 e. The van der Waals surface area contributed by atoms with E-state index in [2.05, 4.69) is 15.3 Å². The van der Waals surface area contributed by atoms with Crippen molar-refractivity contribution in [3.05, 3.63) is 71.5 Å². The number of benzene rings is 2. The van der Waals surface area contributed by atoms with Crippen molar-refractivity contribution in [3.63, 3.8) is 0 Å². The number of anilines is 4. The van der Waals surface area contributed by atoms with Gasteiger partial charge in [-0.15, -0.1) is 0 Å². The number of para-hydroxylation sites is 2. The summed E-state index contributed by atoms with van der Waals surface area (Å²) in [5.41, 5.74) is 1.88. The molecule has 0 saturated heterocycles. The van der Waals surface area contributed by atoms with Crippen LogP contribution in [0.2, 0.25) is 5.02 Å². The fraction of sp³-hybridized carbons (Fsp3) is 0.111. The van der Waals surface area contributed by atoms with Crippen LogP contribution in [0.4, 0.5) is 23.0 Å². The van der Waals surface area contributed by atoms with E-state index in [-0.39, 0.29) is 0 Å². The number of nitrogens with zero attached hydrogens (tertiary/aromatic N) is 3. The van der Waals surface area contributed by atoms with Gasteiger partial charge in [0.15, 0.2) is 0 Å². The molecule has 0 radical (unpaired) electrons. The second-order valence-electron chi connectivity index (χ2n) is 5.16. The van der Waals surface area contributed by atoms with Crippen LogP contribution in [0.3, 0.4) is 0 Å². The maximum absolute atomic E-state index is 6.20. The van der Waals surface area contributed by atoms with Crippen molar-refractivity contribution in [2.75, 3.05) is 17.3 Å². The number of aromatic nitrogens is 2. The Bertz CT molecular complexity index is 805. The molecular weight excluding hydrogens is 308 g/mol. The molecule has 0 aliphatic heterocycles. The summed E-state index contributed by atoms with van der Waals surface area (Å²) in [6.45, 7) is 1.88. The summed E-state index contributed by atoms with van der Waals surface area (Å²) < 4.78 is 0. The molecule has 0 spiro atoms. The van der Waals surface area contributed by atoms with Gasteiger partial charge in [0.05, 0.1) is 10.7 Å². The van der Waals surface area contributed by atoms with E-state index in [4.69, 9.17) is 11.6 Å². The van der Waals surface area contributed by atoms with E-state index in [1.165, 1.54) is 0 Å². The summed E-state index contributed by atoms with van der Waals surface area (Å²) in [7, 11) is 1.98. The molecule has 4 nitrogen and oxygen atoms in total. The zero-order valence-electron chi connectivity index (χ0n) is 13.0. The molecule has 3 aromatic rings. The van der Waals surface area contributed by atoms with E-state index in [0.717, 1.165) is 17.2 Å². The van der Waals surface area contributed by atoms with Gasteiger partial charge in [-0.25, -0.2) is 9.97 Å². The first kappa shape index (κ1) is 15.3. The number of halogens is 1. The Kier molecular flexibility index (Phi) is 4.44. The predicted octanol–water partition coefficient (Wildman–Crippen LogP) is 4.95. The van der Waals surface area contributed by atoms with Gasteiger partial charge in [0, 0.05) is 18.8 Å². The van der Waals surface area contributed by atoms with Crippen LogP contribution in [0.25, 0.3) is 0 Å². The molecule has 0 bridgehead atoms. The first-order valence-corrected chi connectivity index (χ1v) is 7.67. The van der Waals surface area contributed by atoms with E-state index in [9.17, 15) is 0 Å². The number of hydrogen-bond donors (Lipinski definition) is 1. The average Bonchev–Trinajstić information content (AvgIpc) is 2.56. The number of nitrogens with one attached hydrogen (secondary N) is 1. The quantitative estimate of drug-likeness (QED) is 0.737. The summed E-state index contributed by atoms with van der Waals surface area (Å²) in [4.78, 5) is 11.0. The summed E-state index contributed by atoms with van der Waals surface area (Å²) in [5.74, 6) is 2.22. The lowest BCUT2D eigenvalue weighted by Gasteiger charge is -2.19. The van der Waals surface area contributed by atoms with Crippen LogP contribution >= 0.6 is 11.6 Å². The zero-order chi connectivity index (χ0) is 16.2. The van der Waals surface area contributed by atoms with Crippen LogP contribution in [0, 0.1) is 6.92 Å². The van der Waals surface area contributed by atoms with E-state index in [1.54, 1.807) is 0 Å². The molecule has 0 fully saturated rings. The maximum atomic E-state index is 6.20. The molecular formula is C18H17ClN4. The molecule has 0 aliphatic carbocycles. The number of hydrogen-bond acceptors (Lipinski definition) is 4. The molecule has 0 atom stereocenters. The molecule has 3 rings (SSSR count). The van der Waals surface area contributed by atoms with Crippen molar-refractivity contribution >= 4 is 34.6 Å². The van der Waals surface area contributed by atoms with Crippen LogP contribution in [0.1, 0.15) is 5.82 Å². The van der Waals surface area contributed by atoms with Gasteiger partial charge in [0.2, 0.25) is 0 Å². The largest absolute Gasteiger partial charge is 0.339 e. The van der Waals surface area contributed by atoms with Gasteiger partial charge < -0.3 is 10.2 Å². The highest BCUT2D eigenvalue weighted by Gasteiger charge is 2.09. The van der Waals surface area contributed by atoms with E-state index < -0.39 is 0 Å². The molecule has 116 valence electrons. The Balaban J connectivity index is 1.92. The third-order valence-electron chi connectivity index (χ3n) is 3.45. The lowest BCUT2D eigenvalue weighted by molar-refractivity contribution is 1.02. The summed E-state index contributed by atoms with van der Waals surface area (Å²) in [6, 6.07) is 19.6. The molecule has 1 N–H and O–H groups in total. The highest BCUT2D eigenvalue weighted by molar-refractivity contribution is 6.33. The summed E-state index contributed by atoms with van der Waals surface area (Å²) in [5, 5.41) is 3.90. The number of aryl methyl sites for hydroxylation is 1. The molecule has 0 amide bonds. The molecule has 0 aliphatic rings. The fourth-order valence-corrected chi connectivity index (χ4v) is 2.46. The van der Waals surface area contributed by atoms with Gasteiger partial charge in [0.25, 0.3) is 0 Å². The van der Waals surface area contributed by atoms with E-state index in [0.29, 0.717) is 16.7 Å². The first-order chi connectivity index (χ1) is 11.1. The topological polar surface area (TPSA) is 41.1 Å². The molecule has 0 saturated carbocycles. The van der Waals surface area contributed by atoms with E-state index >= 15 is 0 Å². The van der Waals surface area contributed by atoms with Crippen molar-refractivity contribution in [2.45, 2.75) is 6.92 Å². The van der Waals surface area contributed by atoms with Crippen LogP contribution < -0.4 is 10.2 Å². The molecule has 2 aromatic carbocycles. The second-order valence-corrected chi connectivity index (χ2v) is 5.57. The maximum Gasteiger partial charge on any atom is 0.138 e. The minimum atomic E-state index is 0.654. The summed E-state index contributed by atoms with van der Waals surface area (Å²) in [6.07, 6.45) is 0. The zero-order valence-corrected chi connectivity index (χ0v) is 13.7. The average molecular weight is 325 g/mol. The fourth-order valence-electron chi connectivity index (χ4n) is 2.27. The van der Waals surface area contributed by atoms with Crippen molar-refractivity contribution in [2.24, 2.45) is 0 Å². The van der Waals surface area contributed by atoms with Crippen molar-refractivity contribution in [1.82, 2.24) is 9.97 Å². The Morgan fingerprint density at radius 1 is 0.957 bits per heavy atom. The van der Waals surface area contributed by atoms with Gasteiger partial charge in [-0.3, -0.25) is 0 Å². The lowest BCUT2D eigenvalue weighted by Crippen LogP contribution is -2.12. The van der Waals surface area contributed by atoms with Gasteiger partial charge in [-0.2, -0.15) is 0 Å². The van der Waals surface area contributed by atoms with Crippen molar-refractivity contribution < 1.29 is 0 Å². The van der Waals surface area contributed by atoms with Gasteiger partial charge in [-0.05, 0) is 31.2 Å². The Morgan fingerprint density at radius 2 is 1.65 bits per heavy atom.